The SMILES string of the molecule is Cc1nc(NC(C)c2cccc(C(F)(F)CO)c2F)c2cc(N3CC4(COC4)C3)c3c(c2n1)CCC3. The van der Waals surface area contributed by atoms with Crippen LogP contribution in [0.4, 0.5) is 24.7 Å². The molecule has 2 saturated heterocycles. The van der Waals surface area contributed by atoms with Gasteiger partial charge in [0, 0.05) is 29.7 Å². The molecule has 36 heavy (non-hydrogen) atoms. The minimum atomic E-state index is -3.66. The normalized spacial score (nSPS) is 19.2. The van der Waals surface area contributed by atoms with Crippen molar-refractivity contribution in [3.63, 3.8) is 0 Å². The van der Waals surface area contributed by atoms with Crippen molar-refractivity contribution in [2.75, 3.05) is 43.1 Å². The van der Waals surface area contributed by atoms with Crippen molar-refractivity contribution in [1.82, 2.24) is 9.97 Å². The summed E-state index contributed by atoms with van der Waals surface area (Å²) in [5.74, 6) is -3.54. The Hall–Kier alpha value is -2.91. The van der Waals surface area contributed by atoms with Gasteiger partial charge in [0.05, 0.1) is 35.8 Å². The van der Waals surface area contributed by atoms with E-state index in [0.29, 0.717) is 11.6 Å². The molecule has 9 heteroatoms. The number of alkyl halides is 2. The summed E-state index contributed by atoms with van der Waals surface area (Å²) in [6.07, 6.45) is 3.03. The Labute approximate surface area is 207 Å². The first-order chi connectivity index (χ1) is 17.2. The zero-order valence-corrected chi connectivity index (χ0v) is 20.4. The first-order valence-corrected chi connectivity index (χ1v) is 12.4. The molecule has 1 aliphatic carbocycles. The molecule has 0 amide bonds. The van der Waals surface area contributed by atoms with Crippen LogP contribution in [0, 0.1) is 18.2 Å². The van der Waals surface area contributed by atoms with Crippen LogP contribution in [-0.2, 0) is 23.5 Å². The molecular weight excluding hydrogens is 469 g/mol. The van der Waals surface area contributed by atoms with Gasteiger partial charge in [-0.05, 0) is 56.4 Å². The predicted molar refractivity (Wildman–Crippen MR) is 131 cm³/mol. The van der Waals surface area contributed by atoms with E-state index in [1.807, 2.05) is 6.92 Å². The third-order valence-corrected chi connectivity index (χ3v) is 7.80. The molecule has 1 unspecified atom stereocenters. The lowest BCUT2D eigenvalue weighted by Crippen LogP contribution is -2.66. The zero-order valence-electron chi connectivity index (χ0n) is 20.4. The summed E-state index contributed by atoms with van der Waals surface area (Å²) >= 11 is 0. The van der Waals surface area contributed by atoms with Crippen molar-refractivity contribution in [3.8, 4) is 0 Å². The average molecular weight is 499 g/mol. The highest BCUT2D eigenvalue weighted by atomic mass is 19.3. The lowest BCUT2D eigenvalue weighted by Gasteiger charge is -2.56. The molecule has 190 valence electrons. The number of aromatic nitrogens is 2. The summed E-state index contributed by atoms with van der Waals surface area (Å²) in [6.45, 7) is 5.64. The Morgan fingerprint density at radius 1 is 1.19 bits per heavy atom. The minimum absolute atomic E-state index is 0.0843. The quantitative estimate of drug-likeness (QED) is 0.515. The molecule has 1 atom stereocenters. The summed E-state index contributed by atoms with van der Waals surface area (Å²) in [7, 11) is 0. The fourth-order valence-corrected chi connectivity index (χ4v) is 5.89. The number of anilines is 2. The molecule has 2 fully saturated rings. The summed E-state index contributed by atoms with van der Waals surface area (Å²) in [4.78, 5) is 11.8. The van der Waals surface area contributed by atoms with Gasteiger partial charge in [-0.15, -0.1) is 0 Å². The summed E-state index contributed by atoms with van der Waals surface area (Å²) in [5.41, 5.74) is 4.24. The Morgan fingerprint density at radius 3 is 2.64 bits per heavy atom. The number of nitrogens with one attached hydrogen (secondary N) is 1. The van der Waals surface area contributed by atoms with Crippen LogP contribution in [0.3, 0.4) is 0 Å². The van der Waals surface area contributed by atoms with Crippen LogP contribution in [0.1, 0.15) is 47.5 Å². The maximum absolute atomic E-state index is 15.1. The van der Waals surface area contributed by atoms with Gasteiger partial charge < -0.3 is 20.1 Å². The van der Waals surface area contributed by atoms with Gasteiger partial charge >= 0.3 is 0 Å². The number of rotatable bonds is 6. The molecule has 6 nitrogen and oxygen atoms in total. The fourth-order valence-electron chi connectivity index (χ4n) is 5.89. The summed E-state index contributed by atoms with van der Waals surface area (Å²) < 4.78 is 48.8. The smallest absolute Gasteiger partial charge is 0.298 e. The van der Waals surface area contributed by atoms with E-state index in [2.05, 4.69) is 21.3 Å². The molecule has 6 rings (SSSR count). The number of aliphatic hydroxyl groups excluding tert-OH is 1. The molecule has 0 saturated carbocycles. The van der Waals surface area contributed by atoms with E-state index in [1.54, 1.807) is 6.92 Å². The third kappa shape index (κ3) is 3.63. The van der Waals surface area contributed by atoms with E-state index in [0.717, 1.165) is 62.5 Å². The first kappa shape index (κ1) is 23.5. The predicted octanol–water partition coefficient (Wildman–Crippen LogP) is 4.66. The third-order valence-electron chi connectivity index (χ3n) is 7.80. The van der Waals surface area contributed by atoms with Crippen molar-refractivity contribution in [2.24, 2.45) is 5.41 Å². The fraction of sp³-hybridized carbons (Fsp3) is 0.481. The number of hydrogen-bond acceptors (Lipinski definition) is 6. The van der Waals surface area contributed by atoms with Gasteiger partial charge in [-0.1, -0.05) is 12.1 Å². The van der Waals surface area contributed by atoms with Crippen molar-refractivity contribution in [3.05, 3.63) is 58.2 Å². The number of nitrogens with zero attached hydrogens (tertiary/aromatic N) is 3. The van der Waals surface area contributed by atoms with Gasteiger partial charge in [0.1, 0.15) is 24.1 Å². The number of ether oxygens (including phenoxy) is 1. The van der Waals surface area contributed by atoms with Crippen LogP contribution in [0.25, 0.3) is 10.9 Å². The molecule has 2 aromatic carbocycles. The Balaban J connectivity index is 1.39. The number of aryl methyl sites for hydroxylation is 2. The second-order valence-electron chi connectivity index (χ2n) is 10.5. The molecule has 2 N–H and O–H groups in total. The maximum atomic E-state index is 15.1. The van der Waals surface area contributed by atoms with Crippen LogP contribution in [0.2, 0.25) is 0 Å². The maximum Gasteiger partial charge on any atom is 0.298 e. The first-order valence-electron chi connectivity index (χ1n) is 12.4. The van der Waals surface area contributed by atoms with E-state index < -0.39 is 30.0 Å². The van der Waals surface area contributed by atoms with Gasteiger partial charge in [-0.3, -0.25) is 0 Å². The second kappa shape index (κ2) is 8.31. The summed E-state index contributed by atoms with van der Waals surface area (Å²) in [5, 5.41) is 13.2. The van der Waals surface area contributed by atoms with E-state index in [-0.39, 0.29) is 11.0 Å². The minimum Gasteiger partial charge on any atom is -0.390 e. The molecule has 3 heterocycles. The molecule has 1 aromatic heterocycles. The average Bonchev–Trinajstić information content (AvgIpc) is 3.28. The van der Waals surface area contributed by atoms with Crippen LogP contribution in [0.15, 0.2) is 24.3 Å². The number of benzene rings is 2. The van der Waals surface area contributed by atoms with Gasteiger partial charge in [0.25, 0.3) is 5.92 Å². The van der Waals surface area contributed by atoms with Gasteiger partial charge in [-0.25, -0.2) is 14.4 Å². The zero-order chi connectivity index (χ0) is 25.2. The van der Waals surface area contributed by atoms with Gasteiger partial charge in [-0.2, -0.15) is 8.78 Å². The van der Waals surface area contributed by atoms with E-state index in [9.17, 15) is 8.78 Å². The molecule has 0 radical (unpaired) electrons. The molecule has 3 aromatic rings. The number of fused-ring (bicyclic) bond motifs is 3. The monoisotopic (exact) mass is 498 g/mol. The van der Waals surface area contributed by atoms with Gasteiger partial charge in [0.15, 0.2) is 0 Å². The molecule has 0 bridgehead atoms. The number of aliphatic hydroxyl groups is 1. The van der Waals surface area contributed by atoms with Crippen molar-refractivity contribution < 1.29 is 23.0 Å². The largest absolute Gasteiger partial charge is 0.390 e. The lowest BCUT2D eigenvalue weighted by molar-refractivity contribution is -0.127. The van der Waals surface area contributed by atoms with E-state index >= 15 is 4.39 Å². The van der Waals surface area contributed by atoms with Crippen molar-refractivity contribution in [1.29, 1.82) is 0 Å². The topological polar surface area (TPSA) is 70.5 Å². The van der Waals surface area contributed by atoms with E-state index in [4.69, 9.17) is 14.8 Å². The molecule has 2 aliphatic heterocycles. The second-order valence-corrected chi connectivity index (χ2v) is 10.5. The lowest BCUT2D eigenvalue weighted by atomic mass is 9.77. The van der Waals surface area contributed by atoms with Crippen LogP contribution in [0.5, 0.6) is 0 Å². The summed E-state index contributed by atoms with van der Waals surface area (Å²) in [6, 6.07) is 5.35. The Kier molecular flexibility index (Phi) is 5.42. The highest BCUT2D eigenvalue weighted by molar-refractivity contribution is 5.96. The standard InChI is InChI=1S/C27H29F3N4O2/c1-15(17-5-4-8-21(23(17)28)27(29,30)12-35)31-25-20-9-22(34-10-26(11-34)13-36-14-26)18-6-3-7-19(18)24(20)32-16(2)33-25/h4-5,8-9,15,35H,3,6-7,10-14H2,1-2H3,(H,31,32,33). The van der Waals surface area contributed by atoms with Crippen molar-refractivity contribution >= 4 is 22.4 Å². The molecule has 3 aliphatic rings. The molecular formula is C27H29F3N4O2. The van der Waals surface area contributed by atoms with Crippen LogP contribution < -0.4 is 10.2 Å². The van der Waals surface area contributed by atoms with Gasteiger partial charge in [0.2, 0.25) is 0 Å². The Morgan fingerprint density at radius 2 is 1.94 bits per heavy atom. The highest BCUT2D eigenvalue weighted by Gasteiger charge is 2.49. The number of halogens is 3. The number of hydrogen-bond donors (Lipinski definition) is 2. The Bertz CT molecular complexity index is 1350. The highest BCUT2D eigenvalue weighted by Crippen LogP contribution is 2.46. The van der Waals surface area contributed by atoms with E-state index in [1.165, 1.54) is 28.9 Å². The van der Waals surface area contributed by atoms with Crippen LogP contribution in [-0.4, -0.2) is 48.0 Å². The van der Waals surface area contributed by atoms with Crippen molar-refractivity contribution in [2.45, 2.75) is 45.1 Å². The molecule has 1 spiro atoms. The van der Waals surface area contributed by atoms with Crippen LogP contribution >= 0.6 is 0 Å².